The summed E-state index contributed by atoms with van der Waals surface area (Å²) in [5, 5.41) is -0.0116. The Morgan fingerprint density at radius 2 is 2.26 bits per heavy atom. The average Bonchev–Trinajstić information content (AvgIpc) is 2.68. The van der Waals surface area contributed by atoms with Gasteiger partial charge < -0.3 is 4.74 Å². The summed E-state index contributed by atoms with van der Waals surface area (Å²) < 4.78 is 5.07. The van der Waals surface area contributed by atoms with Crippen molar-refractivity contribution in [2.75, 3.05) is 18.6 Å². The summed E-state index contributed by atoms with van der Waals surface area (Å²) in [5.74, 6) is 0.706. The molecular formula is C12H15N3O3S. The van der Waals surface area contributed by atoms with Crippen LogP contribution in [0.4, 0.5) is 5.95 Å². The fourth-order valence-corrected chi connectivity index (χ4v) is 2.85. The number of aromatic nitrogens is 2. The zero-order valence-corrected chi connectivity index (χ0v) is 11.9. The summed E-state index contributed by atoms with van der Waals surface area (Å²) >= 11 is 1.19. The molecule has 2 rings (SSSR count). The topological polar surface area (TPSA) is 72.4 Å². The Balaban J connectivity index is 2.20. The Bertz CT molecular complexity index is 521. The summed E-state index contributed by atoms with van der Waals surface area (Å²) in [6.07, 6.45) is 0.337. The second-order valence-corrected chi connectivity index (χ2v) is 5.77. The zero-order valence-electron chi connectivity index (χ0n) is 11.0. The predicted molar refractivity (Wildman–Crippen MR) is 72.4 cm³/mol. The molecule has 1 atom stereocenters. The van der Waals surface area contributed by atoms with Crippen molar-refractivity contribution in [2.45, 2.75) is 25.5 Å². The van der Waals surface area contributed by atoms with Gasteiger partial charge in [0, 0.05) is 36.9 Å². The molecule has 1 unspecified atom stereocenters. The molecule has 1 amide bonds. The molecule has 1 aromatic heterocycles. The molecule has 1 fully saturated rings. The highest BCUT2D eigenvalue weighted by atomic mass is 32.2. The summed E-state index contributed by atoms with van der Waals surface area (Å²) in [7, 11) is 1.52. The van der Waals surface area contributed by atoms with E-state index in [0.717, 1.165) is 5.69 Å². The van der Waals surface area contributed by atoms with Gasteiger partial charge in [-0.25, -0.2) is 4.98 Å². The van der Waals surface area contributed by atoms with Crippen molar-refractivity contribution in [1.82, 2.24) is 9.97 Å². The van der Waals surface area contributed by atoms with Crippen LogP contribution in [0.2, 0.25) is 0 Å². The molecule has 1 aliphatic heterocycles. The van der Waals surface area contributed by atoms with Gasteiger partial charge in [0.25, 0.3) is 0 Å². The van der Waals surface area contributed by atoms with E-state index in [0.29, 0.717) is 24.8 Å². The summed E-state index contributed by atoms with van der Waals surface area (Å²) in [5.41, 5.74) is 0.734. The third-order valence-electron chi connectivity index (χ3n) is 2.69. The second-order valence-electron chi connectivity index (χ2n) is 4.29. The Morgan fingerprint density at radius 1 is 1.53 bits per heavy atom. The molecule has 2 heterocycles. The minimum atomic E-state index is -0.0635. The summed E-state index contributed by atoms with van der Waals surface area (Å²) in [6, 6.07) is 1.70. The fraction of sp³-hybridized carbons (Fsp3) is 0.500. The number of hydrogen-bond acceptors (Lipinski definition) is 6. The third kappa shape index (κ3) is 3.23. The number of nitrogens with zero attached hydrogens (tertiary/aromatic N) is 3. The number of rotatable bonds is 3. The molecule has 0 spiro atoms. The highest BCUT2D eigenvalue weighted by Gasteiger charge is 2.33. The number of anilines is 1. The number of aryl methyl sites for hydroxylation is 1. The Hall–Kier alpha value is -1.63. The third-order valence-corrected chi connectivity index (χ3v) is 3.67. The molecule has 1 aliphatic rings. The van der Waals surface area contributed by atoms with Crippen LogP contribution in [0.25, 0.3) is 0 Å². The molecule has 0 N–H and O–H groups in total. The molecule has 0 saturated carbocycles. The fourth-order valence-electron chi connectivity index (χ4n) is 1.93. The van der Waals surface area contributed by atoms with Crippen molar-refractivity contribution in [3.63, 3.8) is 0 Å². The van der Waals surface area contributed by atoms with Gasteiger partial charge in [-0.2, -0.15) is 4.98 Å². The minimum absolute atomic E-state index is 0.0161. The van der Waals surface area contributed by atoms with Crippen LogP contribution in [0.1, 0.15) is 19.0 Å². The van der Waals surface area contributed by atoms with Crippen LogP contribution in [-0.2, 0) is 9.59 Å². The second kappa shape index (κ2) is 5.56. The molecule has 6 nitrogen and oxygen atoms in total. The predicted octanol–water partition coefficient (Wildman–Crippen LogP) is 1.18. The lowest BCUT2D eigenvalue weighted by Crippen LogP contribution is -2.27. The molecule has 1 aromatic rings. The van der Waals surface area contributed by atoms with Crippen molar-refractivity contribution in [3.05, 3.63) is 11.8 Å². The molecule has 0 aliphatic carbocycles. The van der Waals surface area contributed by atoms with Crippen LogP contribution in [0, 0.1) is 6.92 Å². The van der Waals surface area contributed by atoms with Gasteiger partial charge in [-0.15, -0.1) is 0 Å². The van der Waals surface area contributed by atoms with Crippen molar-refractivity contribution < 1.29 is 14.3 Å². The number of ether oxygens (including phenoxy) is 1. The lowest BCUT2D eigenvalue weighted by atomic mass is 10.4. The van der Waals surface area contributed by atoms with E-state index >= 15 is 0 Å². The van der Waals surface area contributed by atoms with Crippen LogP contribution in [0.3, 0.4) is 0 Å². The summed E-state index contributed by atoms with van der Waals surface area (Å²) in [4.78, 5) is 33.0. The molecule has 1 saturated heterocycles. The molecule has 19 heavy (non-hydrogen) atoms. The number of methoxy groups -OCH3 is 1. The van der Waals surface area contributed by atoms with E-state index in [1.165, 1.54) is 30.7 Å². The lowest BCUT2D eigenvalue weighted by Gasteiger charge is -2.15. The standard InChI is InChI=1S/C12H15N3O3S/c1-7-4-10(18-3)14-12(13-7)15-6-9(5-11(15)17)19-8(2)16/h4,9H,5-6H2,1-3H3. The van der Waals surface area contributed by atoms with Crippen LogP contribution in [0.15, 0.2) is 6.07 Å². The first-order chi connectivity index (χ1) is 8.99. The molecule has 0 aromatic carbocycles. The van der Waals surface area contributed by atoms with Crippen molar-refractivity contribution >= 4 is 28.7 Å². The lowest BCUT2D eigenvalue weighted by molar-refractivity contribution is -0.117. The Labute approximate surface area is 115 Å². The van der Waals surface area contributed by atoms with E-state index in [1.807, 2.05) is 6.92 Å². The van der Waals surface area contributed by atoms with Crippen molar-refractivity contribution in [3.8, 4) is 5.88 Å². The first-order valence-electron chi connectivity index (χ1n) is 5.87. The Kier molecular flexibility index (Phi) is 4.04. The molecule has 0 bridgehead atoms. The monoisotopic (exact) mass is 281 g/mol. The van der Waals surface area contributed by atoms with E-state index in [-0.39, 0.29) is 16.3 Å². The van der Waals surface area contributed by atoms with Gasteiger partial charge in [-0.05, 0) is 6.92 Å². The van der Waals surface area contributed by atoms with Crippen LogP contribution in [0.5, 0.6) is 5.88 Å². The normalized spacial score (nSPS) is 18.8. The number of carbonyl (C=O) groups is 2. The number of hydrogen-bond donors (Lipinski definition) is 0. The first-order valence-corrected chi connectivity index (χ1v) is 6.75. The van der Waals surface area contributed by atoms with E-state index in [4.69, 9.17) is 4.74 Å². The van der Waals surface area contributed by atoms with Crippen LogP contribution < -0.4 is 9.64 Å². The smallest absolute Gasteiger partial charge is 0.235 e. The van der Waals surface area contributed by atoms with Gasteiger partial charge in [-0.1, -0.05) is 11.8 Å². The van der Waals surface area contributed by atoms with Gasteiger partial charge in [0.1, 0.15) is 0 Å². The highest BCUT2D eigenvalue weighted by Crippen LogP contribution is 2.27. The van der Waals surface area contributed by atoms with Gasteiger partial charge in [0.05, 0.1) is 7.11 Å². The first kappa shape index (κ1) is 13.8. The number of thioether (sulfide) groups is 1. The Morgan fingerprint density at radius 3 is 2.89 bits per heavy atom. The molecule has 102 valence electrons. The highest BCUT2D eigenvalue weighted by molar-refractivity contribution is 8.14. The van der Waals surface area contributed by atoms with Crippen LogP contribution in [-0.4, -0.2) is 39.9 Å². The van der Waals surface area contributed by atoms with Crippen molar-refractivity contribution in [2.24, 2.45) is 0 Å². The molecule has 0 radical (unpaired) electrons. The average molecular weight is 281 g/mol. The van der Waals surface area contributed by atoms with E-state index in [2.05, 4.69) is 9.97 Å². The molecule has 7 heteroatoms. The zero-order chi connectivity index (χ0) is 14.0. The largest absolute Gasteiger partial charge is 0.481 e. The number of carbonyl (C=O) groups excluding carboxylic acids is 2. The number of amides is 1. The maximum absolute atomic E-state index is 12.0. The van der Waals surface area contributed by atoms with E-state index in [1.54, 1.807) is 6.07 Å². The quantitative estimate of drug-likeness (QED) is 0.828. The van der Waals surface area contributed by atoms with Gasteiger partial charge in [0.2, 0.25) is 17.7 Å². The minimum Gasteiger partial charge on any atom is -0.481 e. The van der Waals surface area contributed by atoms with E-state index < -0.39 is 0 Å². The van der Waals surface area contributed by atoms with Crippen LogP contribution >= 0.6 is 11.8 Å². The van der Waals surface area contributed by atoms with Gasteiger partial charge in [-0.3, -0.25) is 14.5 Å². The van der Waals surface area contributed by atoms with Gasteiger partial charge in [0.15, 0.2) is 5.12 Å². The van der Waals surface area contributed by atoms with E-state index in [9.17, 15) is 9.59 Å². The maximum atomic E-state index is 12.0. The van der Waals surface area contributed by atoms with Crippen molar-refractivity contribution in [1.29, 1.82) is 0 Å². The summed E-state index contributed by atoms with van der Waals surface area (Å²) in [6.45, 7) is 3.77. The van der Waals surface area contributed by atoms with Gasteiger partial charge >= 0.3 is 0 Å². The molecular weight excluding hydrogens is 266 g/mol. The SMILES string of the molecule is COc1cc(C)nc(N2CC(SC(C)=O)CC2=O)n1. The maximum Gasteiger partial charge on any atom is 0.235 e.